The number of carbonyl (C=O) groups excluding carboxylic acids is 1. The van der Waals surface area contributed by atoms with Crippen molar-refractivity contribution < 1.29 is 14.7 Å². The first-order chi connectivity index (χ1) is 9.09. The van der Waals surface area contributed by atoms with Crippen LogP contribution >= 0.6 is 0 Å². The smallest absolute Gasteiger partial charge is 0.314 e. The van der Waals surface area contributed by atoms with Crippen molar-refractivity contribution in [1.82, 2.24) is 20.2 Å². The molecule has 0 aliphatic rings. The molecular weight excluding hydrogens is 248 g/mol. The number of unbranched alkanes of at least 4 members (excludes halogenated alkanes) is 1. The summed E-state index contributed by atoms with van der Waals surface area (Å²) in [5.41, 5.74) is 0. The number of nitrogens with zero attached hydrogens (tertiary/aromatic N) is 2. The molecule has 1 atom stereocenters. The van der Waals surface area contributed by atoms with E-state index in [9.17, 15) is 9.59 Å². The number of nitrogens with one attached hydrogen (secondary N) is 2. The van der Waals surface area contributed by atoms with Gasteiger partial charge in [-0.3, -0.25) is 4.79 Å². The van der Waals surface area contributed by atoms with Crippen molar-refractivity contribution in [2.45, 2.75) is 26.3 Å². The van der Waals surface area contributed by atoms with E-state index in [2.05, 4.69) is 15.6 Å². The molecule has 1 aromatic heterocycles. The Morgan fingerprint density at radius 1 is 1.37 bits per heavy atom. The third-order valence-corrected chi connectivity index (χ3v) is 2.68. The van der Waals surface area contributed by atoms with Gasteiger partial charge >= 0.3 is 12.0 Å². The number of amides is 2. The summed E-state index contributed by atoms with van der Waals surface area (Å²) in [6, 6.07) is -0.323. The third-order valence-electron chi connectivity index (χ3n) is 2.68. The van der Waals surface area contributed by atoms with Crippen LogP contribution in [0, 0.1) is 5.92 Å². The molecule has 0 aromatic carbocycles. The maximum Gasteiger partial charge on any atom is 0.314 e. The van der Waals surface area contributed by atoms with Crippen LogP contribution in [-0.4, -0.2) is 39.7 Å². The maximum atomic E-state index is 11.3. The number of carboxylic acid groups (broad SMARTS) is 1. The highest BCUT2D eigenvalue weighted by Gasteiger charge is 2.11. The molecule has 1 heterocycles. The topological polar surface area (TPSA) is 96.3 Å². The molecule has 0 radical (unpaired) electrons. The zero-order valence-electron chi connectivity index (χ0n) is 11.0. The first-order valence-electron chi connectivity index (χ1n) is 6.30. The monoisotopic (exact) mass is 268 g/mol. The molecule has 0 spiro atoms. The fraction of sp³-hybridized carbons (Fsp3) is 0.583. The Balaban J connectivity index is 1.99. The van der Waals surface area contributed by atoms with Crippen molar-refractivity contribution in [3.63, 3.8) is 0 Å². The number of aliphatic carboxylic acids is 1. The molecule has 0 bridgehead atoms. The summed E-state index contributed by atoms with van der Waals surface area (Å²) in [6.45, 7) is 3.13. The molecule has 19 heavy (non-hydrogen) atoms. The summed E-state index contributed by atoms with van der Waals surface area (Å²) in [6.07, 6.45) is 7.19. The molecule has 7 heteroatoms. The van der Waals surface area contributed by atoms with Gasteiger partial charge in [0, 0.05) is 32.0 Å². The summed E-state index contributed by atoms with van der Waals surface area (Å²) in [7, 11) is 0. The predicted molar refractivity (Wildman–Crippen MR) is 69.7 cm³/mol. The Bertz CT molecular complexity index is 392. The van der Waals surface area contributed by atoms with Crippen molar-refractivity contribution in [1.29, 1.82) is 0 Å². The highest BCUT2D eigenvalue weighted by molar-refractivity contribution is 5.75. The molecule has 1 unspecified atom stereocenters. The van der Waals surface area contributed by atoms with Crippen LogP contribution in [0.1, 0.15) is 19.8 Å². The number of rotatable bonds is 8. The predicted octanol–water partition coefficient (Wildman–Crippen LogP) is 0.683. The minimum absolute atomic E-state index is 0.135. The molecule has 1 aromatic rings. The first kappa shape index (κ1) is 15.0. The number of aryl methyl sites for hydroxylation is 1. The minimum Gasteiger partial charge on any atom is -0.481 e. The molecule has 106 valence electrons. The van der Waals surface area contributed by atoms with Crippen LogP contribution in [0.5, 0.6) is 0 Å². The second-order valence-corrected chi connectivity index (χ2v) is 4.38. The van der Waals surface area contributed by atoms with Crippen LogP contribution in [0.2, 0.25) is 0 Å². The zero-order valence-corrected chi connectivity index (χ0v) is 11.0. The summed E-state index contributed by atoms with van der Waals surface area (Å²) in [5.74, 6) is -1.49. The molecule has 0 fully saturated rings. The lowest BCUT2D eigenvalue weighted by atomic mass is 10.2. The van der Waals surface area contributed by atoms with Crippen LogP contribution in [0.25, 0.3) is 0 Å². The molecule has 0 aliphatic heterocycles. The molecule has 0 saturated heterocycles. The van der Waals surface area contributed by atoms with Crippen LogP contribution in [-0.2, 0) is 11.3 Å². The Morgan fingerprint density at radius 2 is 2.16 bits per heavy atom. The highest BCUT2D eigenvalue weighted by Crippen LogP contribution is 1.94. The van der Waals surface area contributed by atoms with E-state index in [1.54, 1.807) is 19.4 Å². The second kappa shape index (κ2) is 8.12. The van der Waals surface area contributed by atoms with Gasteiger partial charge in [-0.05, 0) is 12.8 Å². The van der Waals surface area contributed by atoms with Gasteiger partial charge in [-0.1, -0.05) is 6.92 Å². The van der Waals surface area contributed by atoms with Crippen molar-refractivity contribution >= 4 is 12.0 Å². The number of aromatic nitrogens is 2. The fourth-order valence-electron chi connectivity index (χ4n) is 1.44. The fourth-order valence-corrected chi connectivity index (χ4v) is 1.44. The van der Waals surface area contributed by atoms with Gasteiger partial charge in [0.2, 0.25) is 0 Å². The van der Waals surface area contributed by atoms with Crippen LogP contribution in [0.4, 0.5) is 4.79 Å². The van der Waals surface area contributed by atoms with E-state index in [0.717, 1.165) is 19.4 Å². The molecular formula is C12H20N4O3. The Morgan fingerprint density at radius 3 is 2.79 bits per heavy atom. The molecule has 3 N–H and O–H groups in total. The summed E-state index contributed by atoms with van der Waals surface area (Å²) < 4.78 is 1.98. The van der Waals surface area contributed by atoms with E-state index in [1.165, 1.54) is 0 Å². The number of carboxylic acids is 1. The largest absolute Gasteiger partial charge is 0.481 e. The van der Waals surface area contributed by atoms with Gasteiger partial charge in [-0.15, -0.1) is 0 Å². The molecule has 0 aliphatic carbocycles. The van der Waals surface area contributed by atoms with E-state index in [0.29, 0.717) is 6.54 Å². The lowest BCUT2D eigenvalue weighted by Gasteiger charge is -2.09. The molecule has 0 saturated carbocycles. The molecule has 2 amide bonds. The number of urea groups is 1. The average Bonchev–Trinajstić information content (AvgIpc) is 2.88. The van der Waals surface area contributed by atoms with E-state index in [1.807, 2.05) is 10.8 Å². The summed E-state index contributed by atoms with van der Waals surface area (Å²) >= 11 is 0. The lowest BCUT2D eigenvalue weighted by Crippen LogP contribution is -2.39. The normalized spacial score (nSPS) is 11.8. The van der Waals surface area contributed by atoms with E-state index in [4.69, 9.17) is 5.11 Å². The van der Waals surface area contributed by atoms with E-state index >= 15 is 0 Å². The standard InChI is InChI=1S/C12H20N4O3/c1-10(11(17)18)8-15-12(19)14-4-2-3-6-16-7-5-13-9-16/h5,7,9-10H,2-4,6,8H2,1H3,(H,17,18)(H2,14,15,19). The second-order valence-electron chi connectivity index (χ2n) is 4.38. The number of hydrogen-bond acceptors (Lipinski definition) is 3. The average molecular weight is 268 g/mol. The van der Waals surface area contributed by atoms with Crippen LogP contribution < -0.4 is 10.6 Å². The summed E-state index contributed by atoms with van der Waals surface area (Å²) in [4.78, 5) is 25.8. The maximum absolute atomic E-state index is 11.3. The van der Waals surface area contributed by atoms with Gasteiger partial charge in [0.25, 0.3) is 0 Å². The highest BCUT2D eigenvalue weighted by atomic mass is 16.4. The Labute approximate surface area is 112 Å². The van der Waals surface area contributed by atoms with Crippen molar-refractivity contribution in [2.75, 3.05) is 13.1 Å². The van der Waals surface area contributed by atoms with Gasteiger partial charge in [0.1, 0.15) is 0 Å². The number of imidazole rings is 1. The van der Waals surface area contributed by atoms with Crippen LogP contribution in [0.3, 0.4) is 0 Å². The number of hydrogen-bond donors (Lipinski definition) is 3. The van der Waals surface area contributed by atoms with Gasteiger partial charge in [0.15, 0.2) is 0 Å². The SMILES string of the molecule is CC(CNC(=O)NCCCCn1ccnc1)C(=O)O. The van der Waals surface area contributed by atoms with Gasteiger partial charge in [-0.25, -0.2) is 9.78 Å². The first-order valence-corrected chi connectivity index (χ1v) is 6.30. The van der Waals surface area contributed by atoms with Crippen molar-refractivity contribution in [3.8, 4) is 0 Å². The molecule has 7 nitrogen and oxygen atoms in total. The molecule has 1 rings (SSSR count). The summed E-state index contributed by atoms with van der Waals surface area (Å²) in [5, 5.41) is 13.9. The Hall–Kier alpha value is -2.05. The lowest BCUT2D eigenvalue weighted by molar-refractivity contribution is -0.140. The van der Waals surface area contributed by atoms with Crippen molar-refractivity contribution in [3.05, 3.63) is 18.7 Å². The van der Waals surface area contributed by atoms with Crippen molar-refractivity contribution in [2.24, 2.45) is 5.92 Å². The van der Waals surface area contributed by atoms with Gasteiger partial charge in [0.05, 0.1) is 12.2 Å². The van der Waals surface area contributed by atoms with E-state index < -0.39 is 11.9 Å². The quantitative estimate of drug-likeness (QED) is 0.604. The number of carbonyl (C=O) groups is 2. The minimum atomic E-state index is -0.916. The van der Waals surface area contributed by atoms with Gasteiger partial charge < -0.3 is 20.3 Å². The van der Waals surface area contributed by atoms with Crippen LogP contribution in [0.15, 0.2) is 18.7 Å². The van der Waals surface area contributed by atoms with E-state index in [-0.39, 0.29) is 12.6 Å². The van der Waals surface area contributed by atoms with Gasteiger partial charge in [-0.2, -0.15) is 0 Å². The third kappa shape index (κ3) is 6.44. The zero-order chi connectivity index (χ0) is 14.1. The Kier molecular flexibility index (Phi) is 6.42.